The molecule has 0 radical (unpaired) electrons. The molecular formula is C24H37NO2. The number of aryl methyl sites for hydroxylation is 1. The third-order valence-corrected chi connectivity index (χ3v) is 4.81. The maximum absolute atomic E-state index is 12.1. The van der Waals surface area contributed by atoms with Gasteiger partial charge >= 0.3 is 5.97 Å². The molecule has 0 unspecified atom stereocenters. The third kappa shape index (κ3) is 10.1. The largest absolute Gasteiger partial charge is 0.462 e. The van der Waals surface area contributed by atoms with E-state index in [0.29, 0.717) is 12.2 Å². The fourth-order valence-corrected chi connectivity index (χ4v) is 2.99. The molecule has 0 fully saturated rings. The smallest absolute Gasteiger partial charge is 0.333 e. The van der Waals surface area contributed by atoms with Gasteiger partial charge in [-0.15, -0.1) is 0 Å². The van der Waals surface area contributed by atoms with Gasteiger partial charge in [-0.1, -0.05) is 77.4 Å². The Morgan fingerprint density at radius 2 is 1.67 bits per heavy atom. The van der Waals surface area contributed by atoms with Crippen LogP contribution >= 0.6 is 0 Å². The van der Waals surface area contributed by atoms with E-state index in [4.69, 9.17) is 4.74 Å². The van der Waals surface area contributed by atoms with Crippen LogP contribution in [-0.2, 0) is 9.53 Å². The van der Waals surface area contributed by atoms with Crippen molar-refractivity contribution < 1.29 is 9.53 Å². The number of unbranched alkanes of at least 4 members (excludes halogenated alkanes) is 9. The molecule has 1 heterocycles. The Labute approximate surface area is 165 Å². The molecule has 0 saturated heterocycles. The lowest BCUT2D eigenvalue weighted by Crippen LogP contribution is -2.07. The first-order valence-corrected chi connectivity index (χ1v) is 10.5. The van der Waals surface area contributed by atoms with Crippen LogP contribution in [-0.4, -0.2) is 17.6 Å². The topological polar surface area (TPSA) is 39.2 Å². The van der Waals surface area contributed by atoms with Crippen LogP contribution in [0.2, 0.25) is 0 Å². The van der Waals surface area contributed by atoms with E-state index in [0.717, 1.165) is 29.7 Å². The first-order valence-electron chi connectivity index (χ1n) is 10.5. The highest BCUT2D eigenvalue weighted by molar-refractivity contribution is 5.93. The van der Waals surface area contributed by atoms with Gasteiger partial charge in [-0.3, -0.25) is 4.98 Å². The van der Waals surface area contributed by atoms with Gasteiger partial charge in [-0.05, 0) is 43.5 Å². The van der Waals surface area contributed by atoms with E-state index in [1.54, 1.807) is 19.2 Å². The summed E-state index contributed by atoms with van der Waals surface area (Å²) in [4.78, 5) is 16.5. The number of hydrogen-bond acceptors (Lipinski definition) is 3. The summed E-state index contributed by atoms with van der Waals surface area (Å²) in [6.45, 7) is 10.2. The zero-order valence-corrected chi connectivity index (χ0v) is 17.6. The minimum absolute atomic E-state index is 0.241. The van der Waals surface area contributed by atoms with Crippen LogP contribution in [0.3, 0.4) is 0 Å². The first kappa shape index (κ1) is 23.1. The van der Waals surface area contributed by atoms with Crippen LogP contribution < -0.4 is 0 Å². The van der Waals surface area contributed by atoms with Gasteiger partial charge in [-0.25, -0.2) is 4.79 Å². The zero-order valence-electron chi connectivity index (χ0n) is 17.6. The van der Waals surface area contributed by atoms with Gasteiger partial charge < -0.3 is 4.74 Å². The molecule has 0 aromatic carbocycles. The van der Waals surface area contributed by atoms with Gasteiger partial charge in [0.1, 0.15) is 0 Å². The van der Waals surface area contributed by atoms with Crippen molar-refractivity contribution in [1.29, 1.82) is 0 Å². The molecule has 0 spiro atoms. The van der Waals surface area contributed by atoms with Gasteiger partial charge in [0.2, 0.25) is 0 Å². The molecule has 27 heavy (non-hydrogen) atoms. The number of aromatic nitrogens is 1. The lowest BCUT2D eigenvalue weighted by molar-refractivity contribution is -0.139. The number of esters is 1. The Balaban J connectivity index is 2.20. The van der Waals surface area contributed by atoms with Gasteiger partial charge in [0.05, 0.1) is 6.61 Å². The average Bonchev–Trinajstić information content (AvgIpc) is 2.67. The Morgan fingerprint density at radius 1 is 1.07 bits per heavy atom. The normalized spacial score (nSPS) is 11.4. The number of hydrogen-bond donors (Lipinski definition) is 0. The Hall–Kier alpha value is -1.90. The lowest BCUT2D eigenvalue weighted by Gasteiger charge is -2.07. The van der Waals surface area contributed by atoms with Crippen LogP contribution in [0.1, 0.15) is 94.9 Å². The summed E-state index contributed by atoms with van der Waals surface area (Å²) in [7, 11) is 0. The van der Waals surface area contributed by atoms with Gasteiger partial charge in [0.15, 0.2) is 0 Å². The molecule has 0 N–H and O–H groups in total. The highest BCUT2D eigenvalue weighted by Gasteiger charge is 2.07. The fourth-order valence-electron chi connectivity index (χ4n) is 2.99. The van der Waals surface area contributed by atoms with E-state index in [1.807, 2.05) is 19.1 Å². The molecule has 0 amide bonds. The maximum atomic E-state index is 12.1. The molecular weight excluding hydrogens is 334 g/mol. The molecule has 0 bridgehead atoms. The highest BCUT2D eigenvalue weighted by atomic mass is 16.5. The van der Waals surface area contributed by atoms with Crippen molar-refractivity contribution in [3.63, 3.8) is 0 Å². The summed E-state index contributed by atoms with van der Waals surface area (Å²) in [5.41, 5.74) is 3.37. The van der Waals surface area contributed by atoms with Crippen LogP contribution in [0.25, 0.3) is 12.2 Å². The summed E-state index contributed by atoms with van der Waals surface area (Å²) in [5.74, 6) is -0.241. The van der Waals surface area contributed by atoms with E-state index in [9.17, 15) is 4.79 Å². The molecule has 0 saturated carbocycles. The number of pyridine rings is 1. The molecule has 1 rings (SSSR count). The van der Waals surface area contributed by atoms with Crippen molar-refractivity contribution >= 4 is 18.1 Å². The van der Waals surface area contributed by atoms with E-state index in [1.165, 1.54) is 51.4 Å². The van der Waals surface area contributed by atoms with E-state index >= 15 is 0 Å². The molecule has 0 aliphatic rings. The molecule has 150 valence electrons. The highest BCUT2D eigenvalue weighted by Crippen LogP contribution is 2.15. The predicted molar refractivity (Wildman–Crippen MR) is 116 cm³/mol. The molecule has 0 aliphatic heterocycles. The summed E-state index contributed by atoms with van der Waals surface area (Å²) in [6, 6.07) is 1.98. The van der Waals surface area contributed by atoms with Gasteiger partial charge in [0.25, 0.3) is 0 Å². The van der Waals surface area contributed by atoms with Crippen LogP contribution in [0, 0.1) is 6.92 Å². The number of carbonyl (C=O) groups excluding carboxylic acids is 1. The minimum atomic E-state index is -0.241. The number of carbonyl (C=O) groups is 1. The van der Waals surface area contributed by atoms with Crippen molar-refractivity contribution in [2.45, 2.75) is 85.0 Å². The maximum Gasteiger partial charge on any atom is 0.333 e. The van der Waals surface area contributed by atoms with Gasteiger partial charge in [-0.2, -0.15) is 0 Å². The SMILES string of the molecule is C=Cc1cnc(C)c(/C=C(\C)C(=O)OCCCCCCCCCCCC)c1. The fraction of sp³-hybridized carbons (Fsp3) is 0.583. The molecule has 0 aliphatic carbocycles. The summed E-state index contributed by atoms with van der Waals surface area (Å²) >= 11 is 0. The molecule has 0 atom stereocenters. The molecule has 3 heteroatoms. The Bertz CT molecular complexity index is 604. The molecule has 1 aromatic rings. The monoisotopic (exact) mass is 371 g/mol. The summed E-state index contributed by atoms with van der Waals surface area (Å²) in [5, 5.41) is 0. The zero-order chi connectivity index (χ0) is 19.9. The summed E-state index contributed by atoms with van der Waals surface area (Å²) < 4.78 is 5.40. The standard InChI is InChI=1S/C24H37NO2/c1-5-7-8-9-10-11-12-13-14-15-16-27-24(26)20(3)17-23-18-22(6-2)19-25-21(23)4/h6,17-19H,2,5,7-16H2,1,3-4H3/b20-17+. The van der Waals surface area contributed by atoms with Crippen molar-refractivity contribution in [2.75, 3.05) is 6.61 Å². The molecule has 3 nitrogen and oxygen atoms in total. The first-order chi connectivity index (χ1) is 13.1. The minimum Gasteiger partial charge on any atom is -0.462 e. The Kier molecular flexibility index (Phi) is 12.2. The predicted octanol–water partition coefficient (Wildman–Crippen LogP) is 6.90. The quantitative estimate of drug-likeness (QED) is 0.203. The number of rotatable bonds is 14. The third-order valence-electron chi connectivity index (χ3n) is 4.81. The van der Waals surface area contributed by atoms with E-state index < -0.39 is 0 Å². The molecule has 1 aromatic heterocycles. The second-order valence-corrected chi connectivity index (χ2v) is 7.29. The average molecular weight is 372 g/mol. The van der Waals surface area contributed by atoms with Crippen molar-refractivity contribution in [2.24, 2.45) is 0 Å². The van der Waals surface area contributed by atoms with Crippen molar-refractivity contribution in [1.82, 2.24) is 4.98 Å². The lowest BCUT2D eigenvalue weighted by atomic mass is 10.1. The second kappa shape index (κ2) is 14.2. The van der Waals surface area contributed by atoms with Crippen molar-refractivity contribution in [3.05, 3.63) is 41.2 Å². The summed E-state index contributed by atoms with van der Waals surface area (Å²) in [6.07, 6.45) is 18.1. The van der Waals surface area contributed by atoms with Gasteiger partial charge in [0, 0.05) is 17.5 Å². The van der Waals surface area contributed by atoms with Crippen LogP contribution in [0.15, 0.2) is 24.4 Å². The Morgan fingerprint density at radius 3 is 2.26 bits per heavy atom. The number of ether oxygens (including phenoxy) is 1. The van der Waals surface area contributed by atoms with E-state index in [2.05, 4.69) is 18.5 Å². The van der Waals surface area contributed by atoms with Crippen molar-refractivity contribution in [3.8, 4) is 0 Å². The van der Waals surface area contributed by atoms with Crippen LogP contribution in [0.4, 0.5) is 0 Å². The van der Waals surface area contributed by atoms with E-state index in [-0.39, 0.29) is 5.97 Å². The van der Waals surface area contributed by atoms with Crippen LogP contribution in [0.5, 0.6) is 0 Å². The number of nitrogens with zero attached hydrogens (tertiary/aromatic N) is 1. The second-order valence-electron chi connectivity index (χ2n) is 7.29.